The number of carbonyl (C=O) groups is 2. The number of hydrogen-bond acceptors (Lipinski definition) is 4. The first kappa shape index (κ1) is 15.2. The normalized spacial score (nSPS) is 25.3. The van der Waals surface area contributed by atoms with E-state index in [1.807, 2.05) is 0 Å². The summed E-state index contributed by atoms with van der Waals surface area (Å²) >= 11 is 0. The van der Waals surface area contributed by atoms with Crippen molar-refractivity contribution < 1.29 is 21.9 Å². The molecule has 2 saturated heterocycles. The van der Waals surface area contributed by atoms with Gasteiger partial charge in [0, 0.05) is 44.9 Å². The monoisotopic (exact) mass is 306 g/mol. The standard InChI is InChI=1S/C12H19FN2O4S/c1-9(16)14-4-2-11(3-5-14)15-7-10(6-12(15)17)8-20(13,18)19/h10-11H,2-8H2,1H3. The molecule has 0 N–H and O–H groups in total. The van der Waals surface area contributed by atoms with E-state index in [2.05, 4.69) is 0 Å². The molecular formula is C12H19FN2O4S. The van der Waals surface area contributed by atoms with Crippen LogP contribution in [0.5, 0.6) is 0 Å². The highest BCUT2D eigenvalue weighted by Gasteiger charge is 2.37. The van der Waals surface area contributed by atoms with Gasteiger partial charge in [-0.25, -0.2) is 0 Å². The van der Waals surface area contributed by atoms with E-state index < -0.39 is 21.9 Å². The smallest absolute Gasteiger partial charge is 0.302 e. The molecule has 2 heterocycles. The van der Waals surface area contributed by atoms with Crippen molar-refractivity contribution in [3.63, 3.8) is 0 Å². The van der Waals surface area contributed by atoms with Crippen molar-refractivity contribution >= 4 is 22.0 Å². The molecule has 1 unspecified atom stereocenters. The van der Waals surface area contributed by atoms with E-state index in [1.54, 1.807) is 9.80 Å². The largest absolute Gasteiger partial charge is 0.343 e. The van der Waals surface area contributed by atoms with Crippen LogP contribution in [0, 0.1) is 5.92 Å². The van der Waals surface area contributed by atoms with Crippen LogP contribution >= 0.6 is 0 Å². The van der Waals surface area contributed by atoms with Crippen LogP contribution in [0.1, 0.15) is 26.2 Å². The molecule has 0 spiro atoms. The summed E-state index contributed by atoms with van der Waals surface area (Å²) in [7, 11) is -4.54. The Hall–Kier alpha value is -1.18. The molecule has 0 aromatic carbocycles. The molecule has 0 aliphatic carbocycles. The average molecular weight is 306 g/mol. The first-order chi connectivity index (χ1) is 9.26. The second-order valence-electron chi connectivity index (χ2n) is 5.56. The quantitative estimate of drug-likeness (QED) is 0.695. The molecule has 2 amide bonds. The van der Waals surface area contributed by atoms with Crippen LogP contribution in [0.3, 0.4) is 0 Å². The maximum Gasteiger partial charge on any atom is 0.302 e. The molecule has 0 saturated carbocycles. The molecule has 2 aliphatic rings. The third-order valence-corrected chi connectivity index (χ3v) is 4.89. The van der Waals surface area contributed by atoms with Gasteiger partial charge >= 0.3 is 10.2 Å². The second kappa shape index (κ2) is 5.67. The maximum atomic E-state index is 12.7. The van der Waals surface area contributed by atoms with Crippen molar-refractivity contribution in [2.45, 2.75) is 32.2 Å². The third kappa shape index (κ3) is 3.68. The van der Waals surface area contributed by atoms with Crippen LogP contribution in [0.15, 0.2) is 0 Å². The van der Waals surface area contributed by atoms with Gasteiger partial charge in [-0.15, -0.1) is 3.89 Å². The highest BCUT2D eigenvalue weighted by Crippen LogP contribution is 2.26. The van der Waals surface area contributed by atoms with Gasteiger partial charge in [0.1, 0.15) is 0 Å². The number of amides is 2. The Kier molecular flexibility index (Phi) is 4.31. The van der Waals surface area contributed by atoms with Gasteiger partial charge in [0.2, 0.25) is 11.8 Å². The van der Waals surface area contributed by atoms with Crippen molar-refractivity contribution in [2.75, 3.05) is 25.4 Å². The highest BCUT2D eigenvalue weighted by atomic mass is 32.3. The molecular weight excluding hydrogens is 287 g/mol. The summed E-state index contributed by atoms with van der Waals surface area (Å²) in [4.78, 5) is 26.5. The molecule has 6 nitrogen and oxygen atoms in total. The van der Waals surface area contributed by atoms with Crippen LogP contribution < -0.4 is 0 Å². The maximum absolute atomic E-state index is 12.7. The summed E-state index contributed by atoms with van der Waals surface area (Å²) in [5.74, 6) is -1.12. The summed E-state index contributed by atoms with van der Waals surface area (Å²) in [5.41, 5.74) is 0. The van der Waals surface area contributed by atoms with Crippen LogP contribution in [-0.4, -0.2) is 61.5 Å². The van der Waals surface area contributed by atoms with Crippen molar-refractivity contribution in [3.8, 4) is 0 Å². The first-order valence-electron chi connectivity index (χ1n) is 6.73. The molecule has 0 aromatic rings. The van der Waals surface area contributed by atoms with Crippen molar-refractivity contribution in [2.24, 2.45) is 5.92 Å². The Labute approximate surface area is 118 Å². The Morgan fingerprint density at radius 2 is 1.95 bits per heavy atom. The lowest BCUT2D eigenvalue weighted by Crippen LogP contribution is -2.46. The van der Waals surface area contributed by atoms with E-state index in [9.17, 15) is 21.9 Å². The third-order valence-electron chi connectivity index (χ3n) is 4.02. The minimum absolute atomic E-state index is 0.0256. The predicted octanol–water partition coefficient (Wildman–Crippen LogP) is 0.145. The lowest BCUT2D eigenvalue weighted by Gasteiger charge is -2.36. The van der Waals surface area contributed by atoms with Crippen LogP contribution in [0.4, 0.5) is 3.89 Å². The van der Waals surface area contributed by atoms with Gasteiger partial charge in [-0.2, -0.15) is 8.42 Å². The summed E-state index contributed by atoms with van der Waals surface area (Å²) in [6.07, 6.45) is 1.48. The minimum atomic E-state index is -4.54. The molecule has 2 aliphatic heterocycles. The number of piperidine rings is 1. The SMILES string of the molecule is CC(=O)N1CCC(N2CC(CS(=O)(=O)F)CC2=O)CC1. The molecule has 1 atom stereocenters. The summed E-state index contributed by atoms with van der Waals surface area (Å²) in [5, 5.41) is 0. The summed E-state index contributed by atoms with van der Waals surface area (Å²) < 4.78 is 34.0. The number of hydrogen-bond donors (Lipinski definition) is 0. The van der Waals surface area contributed by atoms with Crippen molar-refractivity contribution in [1.29, 1.82) is 0 Å². The number of nitrogens with zero attached hydrogens (tertiary/aromatic N) is 2. The molecule has 0 aromatic heterocycles. The van der Waals surface area contributed by atoms with Gasteiger partial charge in [-0.1, -0.05) is 0 Å². The highest BCUT2D eigenvalue weighted by molar-refractivity contribution is 7.86. The van der Waals surface area contributed by atoms with Gasteiger partial charge in [0.25, 0.3) is 0 Å². The number of likely N-dealkylation sites (tertiary alicyclic amines) is 2. The minimum Gasteiger partial charge on any atom is -0.343 e. The average Bonchev–Trinajstić information content (AvgIpc) is 2.67. The Morgan fingerprint density at radius 3 is 2.45 bits per heavy atom. The zero-order chi connectivity index (χ0) is 14.9. The fourth-order valence-corrected chi connectivity index (χ4v) is 3.83. The number of carbonyl (C=O) groups excluding carboxylic acids is 2. The van der Waals surface area contributed by atoms with Crippen LogP contribution in [-0.2, 0) is 19.8 Å². The van der Waals surface area contributed by atoms with Gasteiger partial charge < -0.3 is 9.80 Å². The molecule has 0 bridgehead atoms. The predicted molar refractivity (Wildman–Crippen MR) is 70.0 cm³/mol. The zero-order valence-corrected chi connectivity index (χ0v) is 12.2. The van der Waals surface area contributed by atoms with E-state index in [1.165, 1.54) is 6.92 Å². The van der Waals surface area contributed by atoms with Crippen molar-refractivity contribution in [3.05, 3.63) is 0 Å². The Bertz CT molecular complexity index is 500. The van der Waals surface area contributed by atoms with E-state index >= 15 is 0 Å². The summed E-state index contributed by atoms with van der Waals surface area (Å²) in [6, 6.07) is 0.0328. The van der Waals surface area contributed by atoms with Gasteiger partial charge in [0.05, 0.1) is 5.75 Å². The Balaban J connectivity index is 1.91. The zero-order valence-electron chi connectivity index (χ0n) is 11.4. The molecule has 2 fully saturated rings. The van der Waals surface area contributed by atoms with E-state index in [4.69, 9.17) is 0 Å². The van der Waals surface area contributed by atoms with Gasteiger partial charge in [0.15, 0.2) is 0 Å². The molecule has 0 radical (unpaired) electrons. The van der Waals surface area contributed by atoms with E-state index in [0.717, 1.165) is 0 Å². The molecule has 114 valence electrons. The van der Waals surface area contributed by atoms with Gasteiger partial charge in [-0.3, -0.25) is 9.59 Å². The lowest BCUT2D eigenvalue weighted by molar-refractivity contribution is -0.133. The van der Waals surface area contributed by atoms with E-state index in [-0.39, 0.29) is 24.3 Å². The van der Waals surface area contributed by atoms with Crippen LogP contribution in [0.2, 0.25) is 0 Å². The molecule has 20 heavy (non-hydrogen) atoms. The molecule has 2 rings (SSSR count). The number of halogens is 1. The summed E-state index contributed by atoms with van der Waals surface area (Å²) in [6.45, 7) is 3.03. The van der Waals surface area contributed by atoms with Gasteiger partial charge in [-0.05, 0) is 12.8 Å². The van der Waals surface area contributed by atoms with Crippen LogP contribution in [0.25, 0.3) is 0 Å². The second-order valence-corrected chi connectivity index (χ2v) is 6.97. The topological polar surface area (TPSA) is 74.8 Å². The molecule has 8 heteroatoms. The number of rotatable bonds is 3. The lowest BCUT2D eigenvalue weighted by atomic mass is 10.0. The first-order valence-corrected chi connectivity index (χ1v) is 8.29. The Morgan fingerprint density at radius 1 is 1.35 bits per heavy atom. The van der Waals surface area contributed by atoms with Crippen molar-refractivity contribution in [1.82, 2.24) is 9.80 Å². The fourth-order valence-electron chi connectivity index (χ4n) is 3.05. The van der Waals surface area contributed by atoms with E-state index in [0.29, 0.717) is 32.5 Å². The fraction of sp³-hybridized carbons (Fsp3) is 0.833.